The third kappa shape index (κ3) is 14.2. The molecule has 3 aromatic carbocycles. The molecule has 3 heterocycles. The van der Waals surface area contributed by atoms with Gasteiger partial charge in [0.25, 0.3) is 11.8 Å². The van der Waals surface area contributed by atoms with E-state index in [4.69, 9.17) is 14.2 Å². The second-order valence-electron chi connectivity index (χ2n) is 19.6. The molecule has 20 heteroatoms. The molecule has 2 aliphatic heterocycles. The number of likely N-dealkylation sites (tertiary alicyclic amines) is 1. The molecule has 1 fully saturated rings. The van der Waals surface area contributed by atoms with Gasteiger partial charge in [-0.05, 0) is 73.6 Å². The molecule has 6 amide bonds. The van der Waals surface area contributed by atoms with Crippen LogP contribution in [-0.2, 0) is 35.6 Å². The molecule has 4 N–H and O–H groups in total. The van der Waals surface area contributed by atoms with Gasteiger partial charge < -0.3 is 40.2 Å². The second-order valence-corrected chi connectivity index (χ2v) is 22.7. The number of carbonyl (C=O) groups is 6. The van der Waals surface area contributed by atoms with E-state index in [1.165, 1.54) is 36.3 Å². The number of sulfone groups is 1. The number of β-amino-alcohol motifs (C(OH)–C–C–N with tert-alkyl or cyclic N) is 1. The quantitative estimate of drug-likeness (QED) is 0.0418. The van der Waals surface area contributed by atoms with Gasteiger partial charge in [0.2, 0.25) is 23.6 Å². The lowest BCUT2D eigenvalue weighted by atomic mass is 9.85. The minimum Gasteiger partial charge on any atom is -0.493 e. The topological polar surface area (TPSA) is 240 Å². The summed E-state index contributed by atoms with van der Waals surface area (Å²) in [5, 5.41) is 19.1. The van der Waals surface area contributed by atoms with E-state index in [1.807, 2.05) is 45.9 Å². The number of benzene rings is 3. The van der Waals surface area contributed by atoms with Crippen LogP contribution < -0.4 is 30.2 Å². The number of unbranched alkanes of at least 4 members (excludes halogenated alkanes) is 5. The Kier molecular flexibility index (Phi) is 18.8. The SMILES string of the molecule is CCOc1cc([C@@H](CS(C)(=O)=O)N2C(=O)c3cccc(NC(=O)CCCCCCCCOc4cc(-c5scnc5C)ccc4CNC(=O)C4CC(O)CN4C(=O)[C@@H](NC(C)=O)C(C)(C)C)c3C2=O)ccc1OC. The fraction of sp³-hybridized carbons (Fsp3) is 0.491. The van der Waals surface area contributed by atoms with Crippen LogP contribution in [0.2, 0.25) is 0 Å². The van der Waals surface area contributed by atoms with Crippen molar-refractivity contribution < 1.29 is 56.5 Å². The molecule has 1 aromatic heterocycles. The molecule has 394 valence electrons. The van der Waals surface area contributed by atoms with E-state index in [-0.39, 0.29) is 54.6 Å². The molecular formula is C53H68N6O12S2. The summed E-state index contributed by atoms with van der Waals surface area (Å²) < 4.78 is 42.8. The van der Waals surface area contributed by atoms with E-state index < -0.39 is 68.9 Å². The van der Waals surface area contributed by atoms with E-state index in [2.05, 4.69) is 20.9 Å². The standard InChI is InChI=1S/C53H68N6O12S2/c1-9-70-44-25-34(22-23-42(44)69-7)41(30-73(8,67)68)59-50(64)38-17-16-18-39(46(38)51(59)65)57-45(62)19-14-12-10-11-13-15-24-71-43-26-35(47-32(2)55-31-72-47)20-21-36(43)28-54-49(63)40-27-37(61)29-58(40)52(66)48(53(4,5)6)56-33(3)60/h16-18,20-23,25-26,31,37,40-41,48,61H,9-15,19,24,27-30H2,1-8H3,(H,54,63)(H,56,60)(H,57,62)/t37?,40?,41-,48-/m1/s1. The summed E-state index contributed by atoms with van der Waals surface area (Å²) in [5.41, 5.74) is 4.28. The van der Waals surface area contributed by atoms with Crippen molar-refractivity contribution in [1.29, 1.82) is 0 Å². The number of nitrogens with zero attached hydrogens (tertiary/aromatic N) is 3. The van der Waals surface area contributed by atoms with E-state index in [1.54, 1.807) is 42.8 Å². The fourth-order valence-corrected chi connectivity index (χ4v) is 10.9. The third-order valence-corrected chi connectivity index (χ3v) is 14.7. The molecule has 0 aliphatic carbocycles. The summed E-state index contributed by atoms with van der Waals surface area (Å²) in [7, 11) is -2.24. The van der Waals surface area contributed by atoms with Crippen LogP contribution in [0.5, 0.6) is 17.2 Å². The van der Waals surface area contributed by atoms with Crippen LogP contribution in [0.25, 0.3) is 10.4 Å². The first-order chi connectivity index (χ1) is 34.6. The largest absolute Gasteiger partial charge is 0.493 e. The molecule has 4 atom stereocenters. The average molecular weight is 1050 g/mol. The number of hydrogen-bond donors (Lipinski definition) is 4. The molecule has 6 rings (SSSR count). The Morgan fingerprint density at radius 3 is 2.32 bits per heavy atom. The zero-order valence-corrected chi connectivity index (χ0v) is 44.5. The first-order valence-corrected chi connectivity index (χ1v) is 27.5. The summed E-state index contributed by atoms with van der Waals surface area (Å²) in [6.07, 6.45) is 5.11. The summed E-state index contributed by atoms with van der Waals surface area (Å²) in [6.45, 7) is 11.3. The maximum absolute atomic E-state index is 14.1. The fourth-order valence-electron chi connectivity index (χ4n) is 9.13. The summed E-state index contributed by atoms with van der Waals surface area (Å²) in [5.74, 6) is -2.13. The normalized spacial score (nSPS) is 16.5. The second kappa shape index (κ2) is 24.6. The highest BCUT2D eigenvalue weighted by Gasteiger charge is 2.45. The Balaban J connectivity index is 0.997. The number of aryl methyl sites for hydroxylation is 1. The van der Waals surface area contributed by atoms with Crippen molar-refractivity contribution in [3.63, 3.8) is 0 Å². The Labute approximate surface area is 431 Å². The molecular weight excluding hydrogens is 977 g/mol. The van der Waals surface area contributed by atoms with Crippen molar-refractivity contribution in [1.82, 2.24) is 25.4 Å². The van der Waals surface area contributed by atoms with Gasteiger partial charge in [0.15, 0.2) is 11.5 Å². The number of aromatic nitrogens is 1. The van der Waals surface area contributed by atoms with Gasteiger partial charge >= 0.3 is 0 Å². The van der Waals surface area contributed by atoms with Gasteiger partial charge in [0.05, 0.1) is 71.1 Å². The van der Waals surface area contributed by atoms with Crippen molar-refractivity contribution in [3.8, 4) is 27.7 Å². The lowest BCUT2D eigenvalue weighted by molar-refractivity contribution is -0.143. The maximum Gasteiger partial charge on any atom is 0.264 e. The first kappa shape index (κ1) is 55.9. The highest BCUT2D eigenvalue weighted by molar-refractivity contribution is 7.90. The van der Waals surface area contributed by atoms with Crippen molar-refractivity contribution in [3.05, 3.63) is 88.1 Å². The Morgan fingerprint density at radius 2 is 1.66 bits per heavy atom. The Morgan fingerprint density at radius 1 is 0.932 bits per heavy atom. The van der Waals surface area contributed by atoms with Gasteiger partial charge in [-0.2, -0.15) is 0 Å². The zero-order chi connectivity index (χ0) is 53.2. The molecule has 18 nitrogen and oxygen atoms in total. The number of nitrogens with one attached hydrogen (secondary N) is 3. The van der Waals surface area contributed by atoms with Crippen molar-refractivity contribution in [2.75, 3.05) is 44.2 Å². The van der Waals surface area contributed by atoms with Crippen LogP contribution in [0.1, 0.15) is 130 Å². The van der Waals surface area contributed by atoms with E-state index in [0.29, 0.717) is 42.4 Å². The minimum atomic E-state index is -3.70. The van der Waals surface area contributed by atoms with Crippen LogP contribution in [0.3, 0.4) is 0 Å². The Bertz CT molecular complexity index is 2790. The van der Waals surface area contributed by atoms with Gasteiger partial charge in [0, 0.05) is 44.7 Å². The molecule has 0 radical (unpaired) electrons. The van der Waals surface area contributed by atoms with E-state index >= 15 is 0 Å². The van der Waals surface area contributed by atoms with Crippen LogP contribution in [0.4, 0.5) is 5.69 Å². The number of hydrogen-bond acceptors (Lipinski definition) is 14. The van der Waals surface area contributed by atoms with Gasteiger partial charge in [-0.3, -0.25) is 33.7 Å². The number of carbonyl (C=O) groups excluding carboxylic acids is 6. The lowest BCUT2D eigenvalue weighted by Gasteiger charge is -2.35. The number of aliphatic hydroxyl groups excluding tert-OH is 1. The monoisotopic (exact) mass is 1040 g/mol. The van der Waals surface area contributed by atoms with Crippen LogP contribution in [0, 0.1) is 12.3 Å². The summed E-state index contributed by atoms with van der Waals surface area (Å²) in [4.78, 5) is 88.3. The average Bonchev–Trinajstić information content (AvgIpc) is 4.02. The minimum absolute atomic E-state index is 0.00199. The maximum atomic E-state index is 14.1. The highest BCUT2D eigenvalue weighted by atomic mass is 32.2. The molecule has 2 unspecified atom stereocenters. The number of imide groups is 1. The number of anilines is 1. The van der Waals surface area contributed by atoms with Crippen LogP contribution in [-0.4, -0.2) is 121 Å². The molecule has 1 saturated heterocycles. The van der Waals surface area contributed by atoms with Crippen molar-refractivity contribution in [2.24, 2.45) is 5.41 Å². The van der Waals surface area contributed by atoms with Crippen molar-refractivity contribution in [2.45, 2.75) is 124 Å². The predicted octanol–water partition coefficient (Wildman–Crippen LogP) is 6.78. The number of methoxy groups -OCH3 is 1. The predicted molar refractivity (Wildman–Crippen MR) is 277 cm³/mol. The molecule has 0 saturated carbocycles. The molecule has 0 bridgehead atoms. The Hall–Kier alpha value is -6.38. The van der Waals surface area contributed by atoms with Crippen LogP contribution >= 0.6 is 11.3 Å². The summed E-state index contributed by atoms with van der Waals surface area (Å²) in [6, 6.07) is 12.2. The lowest BCUT2D eigenvalue weighted by Crippen LogP contribution is -2.57. The van der Waals surface area contributed by atoms with Gasteiger partial charge in [-0.25, -0.2) is 13.4 Å². The number of thiazole rings is 1. The zero-order valence-electron chi connectivity index (χ0n) is 42.9. The highest BCUT2D eigenvalue weighted by Crippen LogP contribution is 2.39. The number of rotatable bonds is 24. The van der Waals surface area contributed by atoms with Gasteiger partial charge in [0.1, 0.15) is 27.7 Å². The van der Waals surface area contributed by atoms with E-state index in [0.717, 1.165) is 65.0 Å². The number of fused-ring (bicyclic) bond motifs is 1. The van der Waals surface area contributed by atoms with Crippen molar-refractivity contribution >= 4 is 62.3 Å². The van der Waals surface area contributed by atoms with E-state index in [9.17, 15) is 42.3 Å². The molecule has 2 aliphatic rings. The number of amides is 6. The molecule has 4 aromatic rings. The number of aliphatic hydroxyl groups is 1. The molecule has 0 spiro atoms. The van der Waals surface area contributed by atoms with Crippen LogP contribution in [0.15, 0.2) is 60.1 Å². The first-order valence-electron chi connectivity index (χ1n) is 24.6. The molecule has 73 heavy (non-hydrogen) atoms. The smallest absolute Gasteiger partial charge is 0.264 e. The van der Waals surface area contributed by atoms with Gasteiger partial charge in [-0.15, -0.1) is 11.3 Å². The third-order valence-electron chi connectivity index (χ3n) is 12.8. The van der Waals surface area contributed by atoms with Gasteiger partial charge in [-0.1, -0.05) is 70.7 Å². The summed E-state index contributed by atoms with van der Waals surface area (Å²) >= 11 is 1.52. The number of ether oxygens (including phenoxy) is 3.